The van der Waals surface area contributed by atoms with E-state index in [4.69, 9.17) is 9.84 Å². The summed E-state index contributed by atoms with van der Waals surface area (Å²) in [5.74, 6) is -0.352. The Morgan fingerprint density at radius 3 is 2.52 bits per heavy atom. The lowest BCUT2D eigenvalue weighted by Crippen LogP contribution is -2.42. The zero-order valence-corrected chi connectivity index (χ0v) is 13.7. The number of amides is 1. The largest absolute Gasteiger partial charge is 0.488 e. The molecule has 3 rings (SSSR count). The van der Waals surface area contributed by atoms with E-state index in [0.29, 0.717) is 12.2 Å². The number of hydrogen-bond acceptors (Lipinski definition) is 4. The number of fused-ring (bicyclic) bond motifs is 1. The Hall–Kier alpha value is -3.02. The summed E-state index contributed by atoms with van der Waals surface area (Å²) >= 11 is 0. The molecule has 25 heavy (non-hydrogen) atoms. The van der Waals surface area contributed by atoms with Crippen molar-refractivity contribution in [3.8, 4) is 5.75 Å². The molecule has 2 aromatic carbocycles. The minimum absolute atomic E-state index is 0.0179. The predicted molar refractivity (Wildman–Crippen MR) is 93.9 cm³/mol. The van der Waals surface area contributed by atoms with Crippen molar-refractivity contribution in [3.05, 3.63) is 60.2 Å². The summed E-state index contributed by atoms with van der Waals surface area (Å²) in [6.45, 7) is 0.141. The van der Waals surface area contributed by atoms with Crippen LogP contribution in [0.3, 0.4) is 0 Å². The minimum Gasteiger partial charge on any atom is -0.488 e. The molecule has 2 N–H and O–H groups in total. The van der Waals surface area contributed by atoms with Gasteiger partial charge in [0.2, 0.25) is 5.91 Å². The maximum absolute atomic E-state index is 12.2. The average molecular weight is 340 g/mol. The van der Waals surface area contributed by atoms with Crippen LogP contribution >= 0.6 is 0 Å². The number of nitrogens with one attached hydrogen (secondary N) is 1. The van der Waals surface area contributed by atoms with Crippen molar-refractivity contribution in [2.24, 2.45) is 0 Å². The second kappa shape index (κ2) is 7.70. The maximum Gasteiger partial charge on any atom is 0.323 e. The fourth-order valence-corrected chi connectivity index (χ4v) is 2.87. The SMILES string of the molecule is O=C(O)CN(CC(=O)NCC1Cc2ccccc2O1)c1ccccc1. The van der Waals surface area contributed by atoms with E-state index in [9.17, 15) is 9.59 Å². The highest BCUT2D eigenvalue weighted by Crippen LogP contribution is 2.27. The maximum atomic E-state index is 12.2. The Bertz CT molecular complexity index is 723. The molecule has 6 nitrogen and oxygen atoms in total. The van der Waals surface area contributed by atoms with Crippen molar-refractivity contribution in [3.63, 3.8) is 0 Å². The number of benzene rings is 2. The molecular weight excluding hydrogens is 320 g/mol. The summed E-state index contributed by atoms with van der Waals surface area (Å²) in [5, 5.41) is 11.9. The van der Waals surface area contributed by atoms with Gasteiger partial charge in [0.25, 0.3) is 0 Å². The highest BCUT2D eigenvalue weighted by molar-refractivity contribution is 5.84. The zero-order chi connectivity index (χ0) is 17.6. The molecule has 2 aromatic rings. The van der Waals surface area contributed by atoms with Crippen molar-refractivity contribution < 1.29 is 19.4 Å². The molecule has 0 spiro atoms. The first-order valence-electron chi connectivity index (χ1n) is 8.15. The van der Waals surface area contributed by atoms with Gasteiger partial charge in [-0.1, -0.05) is 36.4 Å². The molecule has 1 aliphatic rings. The molecule has 0 bridgehead atoms. The molecule has 1 amide bonds. The van der Waals surface area contributed by atoms with E-state index in [2.05, 4.69) is 5.32 Å². The quantitative estimate of drug-likeness (QED) is 0.802. The molecule has 1 atom stereocenters. The summed E-state index contributed by atoms with van der Waals surface area (Å²) in [6.07, 6.45) is 0.666. The summed E-state index contributed by atoms with van der Waals surface area (Å²) in [6, 6.07) is 16.9. The van der Waals surface area contributed by atoms with Crippen LogP contribution < -0.4 is 15.0 Å². The molecular formula is C19H20N2O4. The average Bonchev–Trinajstić information content (AvgIpc) is 3.03. The lowest BCUT2D eigenvalue weighted by atomic mass is 10.1. The highest BCUT2D eigenvalue weighted by Gasteiger charge is 2.23. The van der Waals surface area contributed by atoms with Gasteiger partial charge in [0, 0.05) is 12.1 Å². The van der Waals surface area contributed by atoms with Crippen LogP contribution in [-0.4, -0.2) is 42.7 Å². The summed E-state index contributed by atoms with van der Waals surface area (Å²) in [7, 11) is 0. The molecule has 6 heteroatoms. The van der Waals surface area contributed by atoms with Crippen molar-refractivity contribution in [2.45, 2.75) is 12.5 Å². The van der Waals surface area contributed by atoms with Crippen molar-refractivity contribution >= 4 is 17.6 Å². The highest BCUT2D eigenvalue weighted by atomic mass is 16.5. The first kappa shape index (κ1) is 16.8. The van der Waals surface area contributed by atoms with Gasteiger partial charge in [0.05, 0.1) is 13.1 Å². The zero-order valence-electron chi connectivity index (χ0n) is 13.7. The number of hydrogen-bond donors (Lipinski definition) is 2. The van der Waals surface area contributed by atoms with Gasteiger partial charge < -0.3 is 20.1 Å². The normalized spacial score (nSPS) is 15.1. The first-order valence-corrected chi connectivity index (χ1v) is 8.15. The van der Waals surface area contributed by atoms with Crippen LogP contribution in [0.2, 0.25) is 0 Å². The van der Waals surface area contributed by atoms with Gasteiger partial charge in [-0.2, -0.15) is 0 Å². The Labute approximate surface area is 146 Å². The fraction of sp³-hybridized carbons (Fsp3) is 0.263. The Balaban J connectivity index is 1.53. The fourth-order valence-electron chi connectivity index (χ4n) is 2.87. The van der Waals surface area contributed by atoms with Crippen molar-refractivity contribution in [2.75, 3.05) is 24.5 Å². The number of aliphatic carboxylic acids is 1. The van der Waals surface area contributed by atoms with Gasteiger partial charge >= 0.3 is 5.97 Å². The topological polar surface area (TPSA) is 78.9 Å². The van der Waals surface area contributed by atoms with E-state index in [-0.39, 0.29) is 25.1 Å². The summed E-state index contributed by atoms with van der Waals surface area (Å²) in [4.78, 5) is 24.8. The van der Waals surface area contributed by atoms with E-state index in [0.717, 1.165) is 17.7 Å². The lowest BCUT2D eigenvalue weighted by Gasteiger charge is -2.22. The van der Waals surface area contributed by atoms with E-state index in [1.54, 1.807) is 12.1 Å². The predicted octanol–water partition coefficient (Wildman–Crippen LogP) is 1.70. The van der Waals surface area contributed by atoms with E-state index in [1.165, 1.54) is 4.90 Å². The number of ether oxygens (including phenoxy) is 1. The third-order valence-corrected chi connectivity index (χ3v) is 4.02. The molecule has 0 radical (unpaired) electrons. The van der Waals surface area contributed by atoms with Gasteiger partial charge in [-0.15, -0.1) is 0 Å². The van der Waals surface area contributed by atoms with Crippen LogP contribution in [0.1, 0.15) is 5.56 Å². The summed E-state index contributed by atoms with van der Waals surface area (Å²) in [5.41, 5.74) is 1.84. The number of para-hydroxylation sites is 2. The van der Waals surface area contributed by atoms with Crippen molar-refractivity contribution in [1.82, 2.24) is 5.32 Å². The van der Waals surface area contributed by atoms with Gasteiger partial charge in [-0.3, -0.25) is 9.59 Å². The molecule has 0 saturated heterocycles. The molecule has 0 saturated carbocycles. The molecule has 1 unspecified atom stereocenters. The van der Waals surface area contributed by atoms with Crippen LogP contribution in [0, 0.1) is 0 Å². The first-order chi connectivity index (χ1) is 12.1. The van der Waals surface area contributed by atoms with Gasteiger partial charge in [-0.25, -0.2) is 0 Å². The van der Waals surface area contributed by atoms with Gasteiger partial charge in [0.15, 0.2) is 0 Å². The number of rotatable bonds is 7. The second-order valence-electron chi connectivity index (χ2n) is 5.94. The molecule has 1 heterocycles. The van der Waals surface area contributed by atoms with Crippen LogP contribution in [0.5, 0.6) is 5.75 Å². The number of carboxylic acids is 1. The lowest BCUT2D eigenvalue weighted by molar-refractivity contribution is -0.135. The molecule has 1 aliphatic heterocycles. The molecule has 0 aliphatic carbocycles. The smallest absolute Gasteiger partial charge is 0.323 e. The van der Waals surface area contributed by atoms with Crippen LogP contribution in [0.4, 0.5) is 5.69 Å². The Morgan fingerprint density at radius 2 is 1.80 bits per heavy atom. The number of carbonyl (C=O) groups excluding carboxylic acids is 1. The molecule has 0 fully saturated rings. The van der Waals surface area contributed by atoms with E-state index < -0.39 is 5.97 Å². The minimum atomic E-state index is -0.980. The number of nitrogens with zero attached hydrogens (tertiary/aromatic N) is 1. The Morgan fingerprint density at radius 1 is 1.08 bits per heavy atom. The standard InChI is InChI=1S/C19H20N2O4/c22-18(12-21(13-19(23)24)15-7-2-1-3-8-15)20-11-16-10-14-6-4-5-9-17(14)25-16/h1-9,16H,10-13H2,(H,20,22)(H,23,24). The Kier molecular flexibility index (Phi) is 5.18. The van der Waals surface area contributed by atoms with Crippen molar-refractivity contribution in [1.29, 1.82) is 0 Å². The third-order valence-electron chi connectivity index (χ3n) is 4.02. The second-order valence-corrected chi connectivity index (χ2v) is 5.94. The van der Waals surface area contributed by atoms with Gasteiger partial charge in [0.1, 0.15) is 18.4 Å². The number of anilines is 1. The third kappa shape index (κ3) is 4.50. The van der Waals surface area contributed by atoms with Gasteiger partial charge in [-0.05, 0) is 23.8 Å². The monoisotopic (exact) mass is 340 g/mol. The summed E-state index contributed by atoms with van der Waals surface area (Å²) < 4.78 is 5.79. The van der Waals surface area contributed by atoms with Crippen LogP contribution in [-0.2, 0) is 16.0 Å². The van der Waals surface area contributed by atoms with Crippen LogP contribution in [0.15, 0.2) is 54.6 Å². The number of carboxylic acid groups (broad SMARTS) is 1. The van der Waals surface area contributed by atoms with E-state index >= 15 is 0 Å². The van der Waals surface area contributed by atoms with E-state index in [1.807, 2.05) is 42.5 Å². The van der Waals surface area contributed by atoms with Crippen LogP contribution in [0.25, 0.3) is 0 Å². The molecule has 130 valence electrons. The molecule has 0 aromatic heterocycles. The number of carbonyl (C=O) groups is 2.